The molecule has 3 heteroatoms. The molecule has 2 N–H and O–H groups in total. The highest BCUT2D eigenvalue weighted by molar-refractivity contribution is 5.76. The zero-order chi connectivity index (χ0) is 14.2. The van der Waals surface area contributed by atoms with Gasteiger partial charge in [-0.25, -0.2) is 0 Å². The maximum absolute atomic E-state index is 11.6. The molecule has 18 heavy (non-hydrogen) atoms. The predicted molar refractivity (Wildman–Crippen MR) is 78.7 cm³/mol. The zero-order valence-corrected chi connectivity index (χ0v) is 13.2. The van der Waals surface area contributed by atoms with Crippen molar-refractivity contribution in [2.24, 2.45) is 0 Å². The van der Waals surface area contributed by atoms with Gasteiger partial charge in [0.1, 0.15) is 0 Å². The maximum Gasteiger partial charge on any atom is 0.220 e. The van der Waals surface area contributed by atoms with E-state index in [1.54, 1.807) is 0 Å². The third kappa shape index (κ3) is 13.5. The normalized spacial score (nSPS) is 12.6. The summed E-state index contributed by atoms with van der Waals surface area (Å²) in [6.07, 6.45) is 5.19. The number of carbonyl (C=O) groups is 1. The minimum absolute atomic E-state index is 0.103. The van der Waals surface area contributed by atoms with Crippen LogP contribution in [-0.4, -0.2) is 23.5 Å². The molecular formula is C15H32N2O. The van der Waals surface area contributed by atoms with E-state index in [1.807, 2.05) is 20.8 Å². The first-order valence-corrected chi connectivity index (χ1v) is 7.16. The average molecular weight is 256 g/mol. The largest absolute Gasteiger partial charge is 0.352 e. The minimum Gasteiger partial charge on any atom is -0.352 e. The van der Waals surface area contributed by atoms with Gasteiger partial charge in [-0.2, -0.15) is 0 Å². The molecule has 0 aromatic carbocycles. The highest BCUT2D eigenvalue weighted by Gasteiger charge is 2.12. The topological polar surface area (TPSA) is 41.1 Å². The Morgan fingerprint density at radius 3 is 1.89 bits per heavy atom. The standard InChI is InChI=1S/C15H32N2O/c1-14(2,3)16-12-10-8-7-9-11-13(18)17-15(4,5)6/h16H,7-12H2,1-6H3,(H,17,18). The molecule has 0 heterocycles. The highest BCUT2D eigenvalue weighted by Crippen LogP contribution is 2.06. The van der Waals surface area contributed by atoms with Crippen molar-refractivity contribution in [3.63, 3.8) is 0 Å². The summed E-state index contributed by atoms with van der Waals surface area (Å²) in [4.78, 5) is 11.6. The van der Waals surface area contributed by atoms with Crippen molar-refractivity contribution in [1.29, 1.82) is 0 Å². The Morgan fingerprint density at radius 1 is 0.833 bits per heavy atom. The lowest BCUT2D eigenvalue weighted by Gasteiger charge is -2.20. The van der Waals surface area contributed by atoms with E-state index in [-0.39, 0.29) is 17.0 Å². The summed E-state index contributed by atoms with van der Waals surface area (Å²) in [7, 11) is 0. The van der Waals surface area contributed by atoms with E-state index < -0.39 is 0 Å². The van der Waals surface area contributed by atoms with Crippen molar-refractivity contribution in [3.8, 4) is 0 Å². The first kappa shape index (κ1) is 17.4. The fraction of sp³-hybridized carbons (Fsp3) is 0.933. The number of carbonyl (C=O) groups excluding carboxylic acids is 1. The van der Waals surface area contributed by atoms with Gasteiger partial charge in [0.25, 0.3) is 0 Å². The molecule has 0 fully saturated rings. The first-order valence-electron chi connectivity index (χ1n) is 7.16. The molecule has 0 aromatic rings. The molecule has 0 unspecified atom stereocenters. The van der Waals surface area contributed by atoms with E-state index in [4.69, 9.17) is 0 Å². The van der Waals surface area contributed by atoms with Crippen molar-refractivity contribution in [2.45, 2.75) is 84.7 Å². The molecule has 0 rings (SSSR count). The molecule has 3 nitrogen and oxygen atoms in total. The quantitative estimate of drug-likeness (QED) is 0.687. The maximum atomic E-state index is 11.6. The van der Waals surface area contributed by atoms with Crippen LogP contribution in [0.4, 0.5) is 0 Å². The lowest BCUT2D eigenvalue weighted by Crippen LogP contribution is -2.40. The number of unbranched alkanes of at least 4 members (excludes halogenated alkanes) is 3. The van der Waals surface area contributed by atoms with Crippen LogP contribution in [0.2, 0.25) is 0 Å². The summed E-state index contributed by atoms with van der Waals surface area (Å²) in [5.74, 6) is 0.176. The Labute approximate surface area is 113 Å². The Bertz CT molecular complexity index is 236. The smallest absolute Gasteiger partial charge is 0.220 e. The van der Waals surface area contributed by atoms with Crippen molar-refractivity contribution >= 4 is 5.91 Å². The molecular weight excluding hydrogens is 224 g/mol. The van der Waals surface area contributed by atoms with Crippen molar-refractivity contribution in [2.75, 3.05) is 6.54 Å². The lowest BCUT2D eigenvalue weighted by molar-refractivity contribution is -0.122. The number of rotatable bonds is 7. The minimum atomic E-state index is -0.103. The van der Waals surface area contributed by atoms with Crippen molar-refractivity contribution in [1.82, 2.24) is 10.6 Å². The molecule has 0 saturated carbocycles. The van der Waals surface area contributed by atoms with Gasteiger partial charge in [0.05, 0.1) is 0 Å². The van der Waals surface area contributed by atoms with Gasteiger partial charge in [-0.1, -0.05) is 12.8 Å². The molecule has 0 aliphatic rings. The van der Waals surface area contributed by atoms with Crippen LogP contribution >= 0.6 is 0 Å². The van der Waals surface area contributed by atoms with Crippen LogP contribution in [0.3, 0.4) is 0 Å². The second kappa shape index (κ2) is 7.78. The van der Waals surface area contributed by atoms with Crippen LogP contribution in [0.15, 0.2) is 0 Å². The monoisotopic (exact) mass is 256 g/mol. The Morgan fingerprint density at radius 2 is 1.39 bits per heavy atom. The van der Waals surface area contributed by atoms with Gasteiger partial charge < -0.3 is 10.6 Å². The Balaban J connectivity index is 3.39. The molecule has 0 spiro atoms. The Kier molecular flexibility index (Phi) is 7.53. The molecule has 0 saturated heterocycles. The molecule has 0 bridgehead atoms. The number of hydrogen-bond donors (Lipinski definition) is 2. The second-order valence-electron chi connectivity index (χ2n) is 7.14. The van der Waals surface area contributed by atoms with Crippen LogP contribution in [0.1, 0.15) is 73.6 Å². The third-order valence-electron chi connectivity index (χ3n) is 2.50. The van der Waals surface area contributed by atoms with E-state index >= 15 is 0 Å². The third-order valence-corrected chi connectivity index (χ3v) is 2.50. The van der Waals surface area contributed by atoms with Gasteiger partial charge in [0.2, 0.25) is 5.91 Å². The second-order valence-corrected chi connectivity index (χ2v) is 7.14. The van der Waals surface area contributed by atoms with Crippen molar-refractivity contribution in [3.05, 3.63) is 0 Å². The molecule has 108 valence electrons. The van der Waals surface area contributed by atoms with E-state index in [0.29, 0.717) is 6.42 Å². The summed E-state index contributed by atoms with van der Waals surface area (Å²) >= 11 is 0. The van der Waals surface area contributed by atoms with Crippen LogP contribution in [0, 0.1) is 0 Å². The van der Waals surface area contributed by atoms with E-state index in [9.17, 15) is 4.79 Å². The molecule has 0 radical (unpaired) electrons. The molecule has 0 atom stereocenters. The Hall–Kier alpha value is -0.570. The predicted octanol–water partition coefficient (Wildman–Crippen LogP) is 3.24. The fourth-order valence-corrected chi connectivity index (χ4v) is 1.71. The van der Waals surface area contributed by atoms with Crippen LogP contribution in [0.5, 0.6) is 0 Å². The number of hydrogen-bond acceptors (Lipinski definition) is 2. The number of amides is 1. The van der Waals surface area contributed by atoms with E-state index in [2.05, 4.69) is 31.4 Å². The van der Waals surface area contributed by atoms with Crippen LogP contribution < -0.4 is 10.6 Å². The highest BCUT2D eigenvalue weighted by atomic mass is 16.1. The van der Waals surface area contributed by atoms with Gasteiger partial charge in [-0.05, 0) is 60.9 Å². The van der Waals surface area contributed by atoms with E-state index in [1.165, 1.54) is 12.8 Å². The summed E-state index contributed by atoms with van der Waals surface area (Å²) in [6, 6.07) is 0. The summed E-state index contributed by atoms with van der Waals surface area (Å²) in [6.45, 7) is 13.7. The van der Waals surface area contributed by atoms with Gasteiger partial charge in [-0.3, -0.25) is 4.79 Å². The summed E-state index contributed by atoms with van der Waals surface area (Å²) in [5, 5.41) is 6.46. The van der Waals surface area contributed by atoms with Gasteiger partial charge in [0, 0.05) is 17.5 Å². The summed E-state index contributed by atoms with van der Waals surface area (Å²) < 4.78 is 0. The first-order chi connectivity index (χ1) is 8.10. The molecule has 0 aliphatic carbocycles. The number of nitrogens with one attached hydrogen (secondary N) is 2. The molecule has 1 amide bonds. The molecule has 0 aliphatic heterocycles. The lowest BCUT2D eigenvalue weighted by atomic mass is 10.1. The van der Waals surface area contributed by atoms with Crippen LogP contribution in [0.25, 0.3) is 0 Å². The van der Waals surface area contributed by atoms with E-state index in [0.717, 1.165) is 19.4 Å². The van der Waals surface area contributed by atoms with Gasteiger partial charge in [-0.15, -0.1) is 0 Å². The van der Waals surface area contributed by atoms with Crippen LogP contribution in [-0.2, 0) is 4.79 Å². The van der Waals surface area contributed by atoms with Crippen molar-refractivity contribution < 1.29 is 4.79 Å². The van der Waals surface area contributed by atoms with Gasteiger partial charge in [0.15, 0.2) is 0 Å². The zero-order valence-electron chi connectivity index (χ0n) is 13.2. The summed E-state index contributed by atoms with van der Waals surface area (Å²) in [5.41, 5.74) is 0.111. The SMILES string of the molecule is CC(C)(C)NCCCCCCC(=O)NC(C)(C)C. The van der Waals surface area contributed by atoms with Gasteiger partial charge >= 0.3 is 0 Å². The fourth-order valence-electron chi connectivity index (χ4n) is 1.71. The molecule has 0 aromatic heterocycles. The average Bonchev–Trinajstić information content (AvgIpc) is 2.11.